The number of rotatable bonds is 4. The van der Waals surface area contributed by atoms with E-state index in [1.807, 2.05) is 0 Å². The molecule has 2 fully saturated rings. The Morgan fingerprint density at radius 1 is 0.818 bits per heavy atom. The molecule has 0 aromatic carbocycles. The summed E-state index contributed by atoms with van der Waals surface area (Å²) in [5.74, 6) is 0.882. The summed E-state index contributed by atoms with van der Waals surface area (Å²) >= 11 is 0. The van der Waals surface area contributed by atoms with Crippen LogP contribution in [-0.2, 0) is 9.59 Å². The molecule has 2 aliphatic carbocycles. The molecule has 0 heterocycles. The second-order valence-corrected chi connectivity index (χ2v) is 7.13. The number of isocyanates is 2. The fraction of sp³-hybridized carbons (Fsp3) is 0.882. The van der Waals surface area contributed by atoms with E-state index < -0.39 is 0 Å². The van der Waals surface area contributed by atoms with Crippen LogP contribution in [0.1, 0.15) is 52.4 Å². The van der Waals surface area contributed by atoms with Gasteiger partial charge in [0.25, 0.3) is 0 Å². The normalized spacial score (nSPS) is 38.9. The van der Waals surface area contributed by atoms with Crippen LogP contribution >= 0.6 is 0 Å². The molecule has 0 amide bonds. The van der Waals surface area contributed by atoms with Gasteiger partial charge in [-0.3, -0.25) is 0 Å². The van der Waals surface area contributed by atoms with Crippen LogP contribution in [0.4, 0.5) is 0 Å². The first-order chi connectivity index (χ1) is 10.6. The summed E-state index contributed by atoms with van der Waals surface area (Å²) in [5.41, 5.74) is 0. The standard InChI is InChI=1S/C17H27N3O2/c1-12-8-14(4-6-16(12)18-10-21)20(3)15-5-7-17(19-11-22)13(2)9-15/h12-17H,4-9H2,1-3H3. The van der Waals surface area contributed by atoms with Gasteiger partial charge in [-0.15, -0.1) is 0 Å². The minimum absolute atomic E-state index is 0.152. The molecular formula is C17H27N3O2. The zero-order valence-electron chi connectivity index (χ0n) is 13.9. The van der Waals surface area contributed by atoms with E-state index in [1.54, 1.807) is 12.2 Å². The SMILES string of the molecule is CC1CC(N(C)C2CCC(N=C=O)C(C)C2)CCC1N=C=O. The molecule has 0 N–H and O–H groups in total. The van der Waals surface area contributed by atoms with Crippen LogP contribution in [0.3, 0.4) is 0 Å². The van der Waals surface area contributed by atoms with Crippen molar-refractivity contribution in [2.75, 3.05) is 7.05 Å². The zero-order valence-corrected chi connectivity index (χ0v) is 13.9. The second kappa shape index (κ2) is 7.82. The summed E-state index contributed by atoms with van der Waals surface area (Å²) < 4.78 is 0. The summed E-state index contributed by atoms with van der Waals surface area (Å²) in [6, 6.07) is 1.44. The molecule has 0 aromatic rings. The monoisotopic (exact) mass is 305 g/mol. The van der Waals surface area contributed by atoms with Gasteiger partial charge < -0.3 is 4.90 Å². The Bertz CT molecular complexity index is 427. The topological polar surface area (TPSA) is 62.1 Å². The molecule has 0 bridgehead atoms. The van der Waals surface area contributed by atoms with E-state index >= 15 is 0 Å². The van der Waals surface area contributed by atoms with Crippen molar-refractivity contribution in [2.24, 2.45) is 21.8 Å². The first kappa shape index (κ1) is 17.1. The highest BCUT2D eigenvalue weighted by Gasteiger charge is 2.35. The van der Waals surface area contributed by atoms with Gasteiger partial charge in [0.1, 0.15) is 0 Å². The highest BCUT2D eigenvalue weighted by Crippen LogP contribution is 2.35. The summed E-state index contributed by atoms with van der Waals surface area (Å²) in [7, 11) is 2.22. The number of hydrogen-bond acceptors (Lipinski definition) is 5. The number of aliphatic imine (C=N–C) groups is 2. The third-order valence-corrected chi connectivity index (χ3v) is 5.78. The molecule has 0 saturated heterocycles. The smallest absolute Gasteiger partial charge is 0.235 e. The average Bonchev–Trinajstić information content (AvgIpc) is 2.51. The Balaban J connectivity index is 1.91. The van der Waals surface area contributed by atoms with Crippen molar-refractivity contribution in [1.82, 2.24) is 4.90 Å². The lowest BCUT2D eigenvalue weighted by Crippen LogP contribution is -2.47. The van der Waals surface area contributed by atoms with Crippen LogP contribution in [0.5, 0.6) is 0 Å². The van der Waals surface area contributed by atoms with E-state index in [9.17, 15) is 9.59 Å². The van der Waals surface area contributed by atoms with Crippen LogP contribution in [0.25, 0.3) is 0 Å². The molecule has 0 spiro atoms. The number of hydrogen-bond donors (Lipinski definition) is 0. The third kappa shape index (κ3) is 3.92. The highest BCUT2D eigenvalue weighted by molar-refractivity contribution is 5.34. The van der Waals surface area contributed by atoms with Gasteiger partial charge in [0, 0.05) is 12.1 Å². The first-order valence-corrected chi connectivity index (χ1v) is 8.42. The molecule has 122 valence electrons. The third-order valence-electron chi connectivity index (χ3n) is 5.78. The van der Waals surface area contributed by atoms with Gasteiger partial charge in [0.05, 0.1) is 12.1 Å². The summed E-state index contributed by atoms with van der Waals surface area (Å²) in [4.78, 5) is 31.3. The van der Waals surface area contributed by atoms with Crippen LogP contribution in [0.15, 0.2) is 9.98 Å². The predicted molar refractivity (Wildman–Crippen MR) is 85.2 cm³/mol. The molecular weight excluding hydrogens is 278 g/mol. The van der Waals surface area contributed by atoms with Crippen LogP contribution < -0.4 is 0 Å². The fourth-order valence-corrected chi connectivity index (χ4v) is 4.26. The lowest BCUT2D eigenvalue weighted by atomic mass is 9.79. The molecule has 6 unspecified atom stereocenters. The van der Waals surface area contributed by atoms with Crippen molar-refractivity contribution < 1.29 is 9.59 Å². The predicted octanol–water partition coefficient (Wildman–Crippen LogP) is 2.70. The number of carbonyl (C=O) groups excluding carboxylic acids is 2. The maximum atomic E-state index is 10.5. The minimum Gasteiger partial charge on any atom is -0.300 e. The van der Waals surface area contributed by atoms with E-state index in [-0.39, 0.29) is 12.1 Å². The average molecular weight is 305 g/mol. The Morgan fingerprint density at radius 3 is 1.55 bits per heavy atom. The van der Waals surface area contributed by atoms with Crippen molar-refractivity contribution >= 4 is 12.2 Å². The molecule has 22 heavy (non-hydrogen) atoms. The number of nitrogens with zero attached hydrogens (tertiary/aromatic N) is 3. The summed E-state index contributed by atoms with van der Waals surface area (Å²) in [5, 5.41) is 0. The Hall–Kier alpha value is -1.28. The molecule has 2 aliphatic rings. The molecule has 5 heteroatoms. The maximum Gasteiger partial charge on any atom is 0.235 e. The molecule has 0 radical (unpaired) electrons. The van der Waals surface area contributed by atoms with Crippen LogP contribution in [0, 0.1) is 11.8 Å². The molecule has 6 atom stereocenters. The molecule has 0 aromatic heterocycles. The van der Waals surface area contributed by atoms with E-state index in [4.69, 9.17) is 0 Å². The first-order valence-electron chi connectivity index (χ1n) is 8.42. The molecule has 2 rings (SSSR count). The largest absolute Gasteiger partial charge is 0.300 e. The molecule has 0 aliphatic heterocycles. The van der Waals surface area contributed by atoms with Gasteiger partial charge in [-0.1, -0.05) is 13.8 Å². The van der Waals surface area contributed by atoms with Crippen LogP contribution in [0.2, 0.25) is 0 Å². The van der Waals surface area contributed by atoms with Gasteiger partial charge in [0.15, 0.2) is 0 Å². The summed E-state index contributed by atoms with van der Waals surface area (Å²) in [6.45, 7) is 4.37. The van der Waals surface area contributed by atoms with Crippen molar-refractivity contribution in [3.8, 4) is 0 Å². The van der Waals surface area contributed by atoms with Gasteiger partial charge in [0.2, 0.25) is 12.2 Å². The van der Waals surface area contributed by atoms with Crippen LogP contribution in [-0.4, -0.2) is 48.3 Å². The van der Waals surface area contributed by atoms with Gasteiger partial charge >= 0.3 is 0 Å². The Kier molecular flexibility index (Phi) is 6.07. The van der Waals surface area contributed by atoms with Crippen molar-refractivity contribution in [3.63, 3.8) is 0 Å². The van der Waals surface area contributed by atoms with Gasteiger partial charge in [-0.05, 0) is 57.4 Å². The maximum absolute atomic E-state index is 10.5. The lowest BCUT2D eigenvalue weighted by molar-refractivity contribution is 0.0733. The molecule has 2 saturated carbocycles. The zero-order chi connectivity index (χ0) is 16.1. The summed E-state index contributed by atoms with van der Waals surface area (Å²) in [6.07, 6.45) is 9.76. The van der Waals surface area contributed by atoms with Crippen molar-refractivity contribution in [1.29, 1.82) is 0 Å². The Labute approximate surface area is 132 Å². The fourth-order valence-electron chi connectivity index (χ4n) is 4.26. The van der Waals surface area contributed by atoms with E-state index in [0.717, 1.165) is 38.5 Å². The minimum atomic E-state index is 0.152. The van der Waals surface area contributed by atoms with E-state index in [0.29, 0.717) is 23.9 Å². The van der Waals surface area contributed by atoms with Gasteiger partial charge in [-0.2, -0.15) is 0 Å². The molecule has 5 nitrogen and oxygen atoms in total. The highest BCUT2D eigenvalue weighted by atomic mass is 16.1. The quantitative estimate of drug-likeness (QED) is 0.592. The van der Waals surface area contributed by atoms with Gasteiger partial charge in [-0.25, -0.2) is 19.6 Å². The lowest BCUT2D eigenvalue weighted by Gasteiger charge is -2.43. The van der Waals surface area contributed by atoms with E-state index in [2.05, 4.69) is 35.8 Å². The van der Waals surface area contributed by atoms with E-state index in [1.165, 1.54) is 0 Å². The Morgan fingerprint density at radius 2 is 1.23 bits per heavy atom. The van der Waals surface area contributed by atoms with Crippen molar-refractivity contribution in [3.05, 3.63) is 0 Å². The second-order valence-electron chi connectivity index (χ2n) is 7.13. The van der Waals surface area contributed by atoms with Crippen molar-refractivity contribution in [2.45, 2.75) is 76.5 Å².